The number of alkyl halides is 1. The summed E-state index contributed by atoms with van der Waals surface area (Å²) in [6.07, 6.45) is 1.09. The molecule has 72 valence electrons. The first-order valence-electron chi connectivity index (χ1n) is 4.49. The predicted octanol–water partition coefficient (Wildman–Crippen LogP) is 3.41. The van der Waals surface area contributed by atoms with Gasteiger partial charge in [-0.05, 0) is 11.8 Å². The highest BCUT2D eigenvalue weighted by Gasteiger charge is 2.56. The summed E-state index contributed by atoms with van der Waals surface area (Å²) in [5.74, 6) is 0. The molecule has 1 nitrogen and oxygen atoms in total. The van der Waals surface area contributed by atoms with E-state index in [1.165, 1.54) is 0 Å². The van der Waals surface area contributed by atoms with Crippen molar-refractivity contribution in [2.45, 2.75) is 46.1 Å². The summed E-state index contributed by atoms with van der Waals surface area (Å²) < 4.78 is 5.27. The maximum Gasteiger partial charge on any atom is 0.170 e. The molecule has 0 bridgehead atoms. The summed E-state index contributed by atoms with van der Waals surface area (Å²) in [7, 11) is 0. The molecule has 2 heteroatoms. The quantitative estimate of drug-likeness (QED) is 0.480. The van der Waals surface area contributed by atoms with Gasteiger partial charge in [-0.3, -0.25) is 0 Å². The summed E-state index contributed by atoms with van der Waals surface area (Å²) in [4.78, 5) is 0. The molecule has 0 spiro atoms. The fourth-order valence-corrected chi connectivity index (χ4v) is 2.03. The van der Waals surface area contributed by atoms with Gasteiger partial charge in [0.15, 0.2) is 5.06 Å². The molecule has 0 aromatic heterocycles. The van der Waals surface area contributed by atoms with Gasteiger partial charge < -0.3 is 4.74 Å². The van der Waals surface area contributed by atoms with Crippen LogP contribution in [0.1, 0.15) is 41.0 Å². The van der Waals surface area contributed by atoms with Crippen LogP contribution in [0, 0.1) is 10.8 Å². The zero-order valence-corrected chi connectivity index (χ0v) is 9.46. The van der Waals surface area contributed by atoms with Crippen molar-refractivity contribution in [3.05, 3.63) is 0 Å². The Kier molecular flexibility index (Phi) is 2.25. The van der Waals surface area contributed by atoms with Crippen molar-refractivity contribution in [3.63, 3.8) is 0 Å². The Morgan fingerprint density at radius 3 is 1.92 bits per heavy atom. The molecule has 0 aromatic rings. The number of epoxide rings is 1. The van der Waals surface area contributed by atoms with Crippen molar-refractivity contribution in [3.8, 4) is 0 Å². The van der Waals surface area contributed by atoms with Crippen LogP contribution in [-0.2, 0) is 4.74 Å². The largest absolute Gasteiger partial charge is 0.352 e. The van der Waals surface area contributed by atoms with Crippen LogP contribution >= 0.6 is 11.6 Å². The Balaban J connectivity index is 2.61. The third-order valence-electron chi connectivity index (χ3n) is 2.38. The molecule has 1 heterocycles. The molecule has 0 amide bonds. The second-order valence-electron chi connectivity index (χ2n) is 5.64. The highest BCUT2D eigenvalue weighted by Crippen LogP contribution is 2.52. The van der Waals surface area contributed by atoms with E-state index in [2.05, 4.69) is 34.6 Å². The molecule has 0 saturated carbocycles. The van der Waals surface area contributed by atoms with E-state index in [0.29, 0.717) is 12.0 Å². The summed E-state index contributed by atoms with van der Waals surface area (Å²) in [6.45, 7) is 11.8. The molecule has 1 fully saturated rings. The molecule has 1 unspecified atom stereocenters. The van der Waals surface area contributed by atoms with E-state index in [1.807, 2.05) is 0 Å². The lowest BCUT2D eigenvalue weighted by molar-refractivity contribution is 0.138. The monoisotopic (exact) mass is 190 g/mol. The average molecular weight is 191 g/mol. The van der Waals surface area contributed by atoms with E-state index in [1.54, 1.807) is 0 Å². The summed E-state index contributed by atoms with van der Waals surface area (Å²) in [5.41, 5.74) is 0.393. The van der Waals surface area contributed by atoms with Crippen molar-refractivity contribution in [1.29, 1.82) is 0 Å². The van der Waals surface area contributed by atoms with Gasteiger partial charge in [0.25, 0.3) is 0 Å². The Labute approximate surface area is 80.4 Å². The van der Waals surface area contributed by atoms with Crippen molar-refractivity contribution >= 4 is 11.6 Å². The summed E-state index contributed by atoms with van der Waals surface area (Å²) >= 11 is 6.22. The van der Waals surface area contributed by atoms with Gasteiger partial charge in [-0.2, -0.15) is 0 Å². The minimum absolute atomic E-state index is 0.0762. The molecule has 0 radical (unpaired) electrons. The van der Waals surface area contributed by atoms with Crippen LogP contribution in [-0.4, -0.2) is 11.7 Å². The molecular weight excluding hydrogens is 172 g/mol. The van der Waals surface area contributed by atoms with Crippen molar-refractivity contribution in [2.75, 3.05) is 6.61 Å². The van der Waals surface area contributed by atoms with Crippen molar-refractivity contribution < 1.29 is 4.74 Å². The van der Waals surface area contributed by atoms with Gasteiger partial charge in [-0.25, -0.2) is 0 Å². The third-order valence-corrected chi connectivity index (χ3v) is 3.11. The smallest absolute Gasteiger partial charge is 0.170 e. The zero-order valence-electron chi connectivity index (χ0n) is 8.70. The molecular formula is C10H19ClO. The van der Waals surface area contributed by atoms with Crippen LogP contribution in [0.2, 0.25) is 0 Å². The van der Waals surface area contributed by atoms with Gasteiger partial charge in [0.1, 0.15) is 0 Å². The second-order valence-corrected chi connectivity index (χ2v) is 6.25. The number of halogens is 1. The first kappa shape index (κ1) is 10.3. The fraction of sp³-hybridized carbons (Fsp3) is 1.00. The van der Waals surface area contributed by atoms with Crippen LogP contribution in [0.25, 0.3) is 0 Å². The molecule has 0 aliphatic carbocycles. The van der Waals surface area contributed by atoms with Gasteiger partial charge in [0.2, 0.25) is 0 Å². The number of ether oxygens (including phenoxy) is 1. The molecule has 0 aromatic carbocycles. The predicted molar refractivity (Wildman–Crippen MR) is 52.4 cm³/mol. The number of rotatable bonds is 2. The van der Waals surface area contributed by atoms with Gasteiger partial charge in [-0.1, -0.05) is 46.2 Å². The highest BCUT2D eigenvalue weighted by molar-refractivity contribution is 6.25. The van der Waals surface area contributed by atoms with E-state index < -0.39 is 0 Å². The first-order valence-corrected chi connectivity index (χ1v) is 4.87. The van der Waals surface area contributed by atoms with Gasteiger partial charge in [0.05, 0.1) is 6.61 Å². The topological polar surface area (TPSA) is 12.5 Å². The normalized spacial score (nSPS) is 30.5. The van der Waals surface area contributed by atoms with Crippen LogP contribution < -0.4 is 0 Å². The first-order chi connectivity index (χ1) is 5.16. The molecule has 1 rings (SSSR count). The number of hydrogen-bond donors (Lipinski definition) is 0. The molecule has 12 heavy (non-hydrogen) atoms. The fourth-order valence-electron chi connectivity index (χ4n) is 1.91. The van der Waals surface area contributed by atoms with Crippen molar-refractivity contribution in [2.24, 2.45) is 10.8 Å². The Bertz CT molecular complexity index is 175. The van der Waals surface area contributed by atoms with Crippen molar-refractivity contribution in [1.82, 2.24) is 0 Å². The third kappa shape index (κ3) is 2.14. The van der Waals surface area contributed by atoms with Gasteiger partial charge in [-0.15, -0.1) is 0 Å². The molecule has 1 atom stereocenters. The lowest BCUT2D eigenvalue weighted by Crippen LogP contribution is -2.32. The van der Waals surface area contributed by atoms with E-state index >= 15 is 0 Å². The van der Waals surface area contributed by atoms with Crippen LogP contribution in [0.3, 0.4) is 0 Å². The van der Waals surface area contributed by atoms with Gasteiger partial charge >= 0.3 is 0 Å². The molecule has 1 aliphatic rings. The lowest BCUT2D eigenvalue weighted by Gasteiger charge is -2.34. The maximum absolute atomic E-state index is 6.22. The van der Waals surface area contributed by atoms with Crippen LogP contribution in [0.5, 0.6) is 0 Å². The van der Waals surface area contributed by atoms with E-state index in [4.69, 9.17) is 16.3 Å². The van der Waals surface area contributed by atoms with E-state index in [-0.39, 0.29) is 10.5 Å². The van der Waals surface area contributed by atoms with E-state index in [0.717, 1.165) is 6.42 Å². The SMILES string of the molecule is CC(C)(C)CC(C)(C)C1(Cl)CO1. The maximum atomic E-state index is 6.22. The highest BCUT2D eigenvalue weighted by atomic mass is 35.5. The Morgan fingerprint density at radius 1 is 1.25 bits per heavy atom. The molecule has 0 N–H and O–H groups in total. The minimum Gasteiger partial charge on any atom is -0.352 e. The minimum atomic E-state index is -0.375. The summed E-state index contributed by atoms with van der Waals surface area (Å²) in [6, 6.07) is 0. The average Bonchev–Trinajstić information content (AvgIpc) is 2.40. The number of hydrogen-bond acceptors (Lipinski definition) is 1. The van der Waals surface area contributed by atoms with Gasteiger partial charge in [0, 0.05) is 5.41 Å². The second kappa shape index (κ2) is 2.62. The standard InChI is InChI=1S/C10H19ClO/c1-8(2,3)6-9(4,5)10(11)7-12-10/h6-7H2,1-5H3. The van der Waals surface area contributed by atoms with Crippen LogP contribution in [0.15, 0.2) is 0 Å². The van der Waals surface area contributed by atoms with E-state index in [9.17, 15) is 0 Å². The molecule has 1 aliphatic heterocycles. The van der Waals surface area contributed by atoms with Crippen LogP contribution in [0.4, 0.5) is 0 Å². The summed E-state index contributed by atoms with van der Waals surface area (Å²) in [5, 5.41) is -0.375. The Hall–Kier alpha value is 0.250. The Morgan fingerprint density at radius 2 is 1.67 bits per heavy atom. The zero-order chi connectivity index (χ0) is 9.62. The molecule has 1 saturated heterocycles. The lowest BCUT2D eigenvalue weighted by atomic mass is 9.74.